The lowest BCUT2D eigenvalue weighted by atomic mass is 9.94. The van der Waals surface area contributed by atoms with Gasteiger partial charge in [0, 0.05) is 24.5 Å². The molecule has 3 aromatic rings. The number of ketones is 1. The Kier molecular flexibility index (Phi) is 6.54. The molecule has 0 aliphatic carbocycles. The summed E-state index contributed by atoms with van der Waals surface area (Å²) in [5.74, 6) is -0.989. The molecule has 2 aromatic carbocycles. The number of aliphatic hydroxyl groups excluding tert-OH is 1. The number of benzene rings is 2. The Labute approximate surface area is 193 Å². The maximum atomic E-state index is 13.2. The van der Waals surface area contributed by atoms with Crippen LogP contribution in [-0.4, -0.2) is 33.3 Å². The normalized spacial score (nSPS) is 17.4. The quantitative estimate of drug-likeness (QED) is 0.327. The van der Waals surface area contributed by atoms with Crippen LogP contribution in [0.1, 0.15) is 42.1 Å². The summed E-state index contributed by atoms with van der Waals surface area (Å²) in [7, 11) is 0. The highest BCUT2D eigenvalue weighted by Gasteiger charge is 2.46. The van der Waals surface area contributed by atoms with Crippen molar-refractivity contribution in [2.45, 2.75) is 32.9 Å². The number of aromatic nitrogens is 1. The van der Waals surface area contributed by atoms with Crippen LogP contribution in [0.2, 0.25) is 0 Å². The molecule has 1 aliphatic rings. The number of hydrogen-bond acceptors (Lipinski definition) is 5. The van der Waals surface area contributed by atoms with Crippen molar-refractivity contribution in [1.82, 2.24) is 9.88 Å². The van der Waals surface area contributed by atoms with E-state index in [1.54, 1.807) is 42.7 Å². The first-order chi connectivity index (χ1) is 16.0. The second kappa shape index (κ2) is 9.69. The van der Waals surface area contributed by atoms with Crippen molar-refractivity contribution in [2.75, 3.05) is 6.61 Å². The van der Waals surface area contributed by atoms with Gasteiger partial charge in [0.1, 0.15) is 11.5 Å². The van der Waals surface area contributed by atoms with Crippen molar-refractivity contribution >= 4 is 17.4 Å². The third-order valence-electron chi connectivity index (χ3n) is 5.74. The minimum absolute atomic E-state index is 0.0711. The van der Waals surface area contributed by atoms with E-state index in [0.717, 1.165) is 23.1 Å². The molecule has 6 nitrogen and oxygen atoms in total. The van der Waals surface area contributed by atoms with E-state index in [9.17, 15) is 14.7 Å². The molecule has 0 spiro atoms. The predicted molar refractivity (Wildman–Crippen MR) is 126 cm³/mol. The van der Waals surface area contributed by atoms with E-state index in [1.807, 2.05) is 37.3 Å². The molecule has 1 saturated heterocycles. The highest BCUT2D eigenvalue weighted by molar-refractivity contribution is 6.46. The number of aliphatic hydroxyl groups is 1. The van der Waals surface area contributed by atoms with Gasteiger partial charge in [0.05, 0.1) is 18.2 Å². The molecule has 1 aromatic heterocycles. The molecule has 0 bridgehead atoms. The Morgan fingerprint density at radius 1 is 1.03 bits per heavy atom. The first-order valence-electron chi connectivity index (χ1n) is 11.0. The standard InChI is InChI=1S/C27H26N2O4/c1-3-18-10-12-20(13-11-18)24-23(25(30)21-8-5-9-22(15-21)33-4-2)26(31)27(32)29(24)17-19-7-6-14-28-16-19/h5-16,24,30H,3-4,17H2,1-2H3/b25-23+. The van der Waals surface area contributed by atoms with Gasteiger partial charge in [0.2, 0.25) is 0 Å². The van der Waals surface area contributed by atoms with Crippen molar-refractivity contribution in [3.8, 4) is 5.75 Å². The maximum absolute atomic E-state index is 13.2. The van der Waals surface area contributed by atoms with Gasteiger partial charge in [-0.25, -0.2) is 0 Å². The molecule has 2 heterocycles. The van der Waals surface area contributed by atoms with E-state index >= 15 is 0 Å². The molecule has 1 aliphatic heterocycles. The number of nitrogens with zero attached hydrogens (tertiary/aromatic N) is 2. The smallest absolute Gasteiger partial charge is 0.295 e. The fourth-order valence-electron chi connectivity index (χ4n) is 4.07. The zero-order valence-electron chi connectivity index (χ0n) is 18.7. The van der Waals surface area contributed by atoms with Crippen molar-refractivity contribution in [3.63, 3.8) is 0 Å². The SMILES string of the molecule is CCOc1cccc(/C(O)=C2\C(=O)C(=O)N(Cc3cccnc3)C2c2ccc(CC)cc2)c1. The number of Topliss-reactive ketones (excluding diaryl/α,β-unsaturated/α-hetero) is 1. The number of pyridine rings is 1. The predicted octanol–water partition coefficient (Wildman–Crippen LogP) is 4.66. The number of carbonyl (C=O) groups is 2. The Hall–Kier alpha value is -3.93. The lowest BCUT2D eigenvalue weighted by Gasteiger charge is -2.25. The van der Waals surface area contributed by atoms with Crippen LogP contribution in [0.15, 0.2) is 78.6 Å². The van der Waals surface area contributed by atoms with Gasteiger partial charge in [0.15, 0.2) is 0 Å². The van der Waals surface area contributed by atoms with Gasteiger partial charge in [-0.1, -0.05) is 49.4 Å². The fourth-order valence-corrected chi connectivity index (χ4v) is 4.07. The topological polar surface area (TPSA) is 79.7 Å². The average molecular weight is 443 g/mol. The summed E-state index contributed by atoms with van der Waals surface area (Å²) in [5.41, 5.74) is 3.20. The van der Waals surface area contributed by atoms with E-state index < -0.39 is 17.7 Å². The number of amides is 1. The van der Waals surface area contributed by atoms with Crippen molar-refractivity contribution in [1.29, 1.82) is 0 Å². The van der Waals surface area contributed by atoms with Gasteiger partial charge in [-0.05, 0) is 48.2 Å². The molecule has 1 unspecified atom stereocenters. The second-order valence-corrected chi connectivity index (χ2v) is 7.84. The molecule has 4 rings (SSSR count). The largest absolute Gasteiger partial charge is 0.507 e. The van der Waals surface area contributed by atoms with Crippen LogP contribution in [0.3, 0.4) is 0 Å². The minimum atomic E-state index is -0.716. The summed E-state index contributed by atoms with van der Waals surface area (Å²) < 4.78 is 5.54. The molecular formula is C27H26N2O4. The number of hydrogen-bond donors (Lipinski definition) is 1. The van der Waals surface area contributed by atoms with E-state index in [1.165, 1.54) is 4.90 Å². The third kappa shape index (κ3) is 4.51. The van der Waals surface area contributed by atoms with Gasteiger partial charge in [-0.3, -0.25) is 14.6 Å². The third-order valence-corrected chi connectivity index (χ3v) is 5.74. The molecule has 1 N–H and O–H groups in total. The molecule has 168 valence electrons. The van der Waals surface area contributed by atoms with Gasteiger partial charge >= 0.3 is 0 Å². The Balaban J connectivity index is 1.84. The van der Waals surface area contributed by atoms with Crippen LogP contribution in [0.4, 0.5) is 0 Å². The molecule has 1 fully saturated rings. The lowest BCUT2D eigenvalue weighted by molar-refractivity contribution is -0.140. The number of likely N-dealkylation sites (tertiary alicyclic amines) is 1. The van der Waals surface area contributed by atoms with Gasteiger partial charge in [-0.2, -0.15) is 0 Å². The van der Waals surface area contributed by atoms with Crippen LogP contribution in [0, 0.1) is 0 Å². The number of ether oxygens (including phenoxy) is 1. The van der Waals surface area contributed by atoms with Gasteiger partial charge in [0.25, 0.3) is 11.7 Å². The average Bonchev–Trinajstić information content (AvgIpc) is 3.09. The highest BCUT2D eigenvalue weighted by Crippen LogP contribution is 2.40. The summed E-state index contributed by atoms with van der Waals surface area (Å²) in [4.78, 5) is 31.9. The van der Waals surface area contributed by atoms with Crippen molar-refractivity contribution < 1.29 is 19.4 Å². The van der Waals surface area contributed by atoms with E-state index in [-0.39, 0.29) is 17.9 Å². The van der Waals surface area contributed by atoms with E-state index in [4.69, 9.17) is 4.74 Å². The Bertz CT molecular complexity index is 1190. The van der Waals surface area contributed by atoms with E-state index in [2.05, 4.69) is 11.9 Å². The monoisotopic (exact) mass is 442 g/mol. The second-order valence-electron chi connectivity index (χ2n) is 7.84. The number of aryl methyl sites for hydroxylation is 1. The summed E-state index contributed by atoms with van der Waals surface area (Å²) in [5, 5.41) is 11.2. The molecule has 0 saturated carbocycles. The van der Waals surface area contributed by atoms with Crippen molar-refractivity contribution in [3.05, 3.63) is 101 Å². The van der Waals surface area contributed by atoms with E-state index in [0.29, 0.717) is 17.9 Å². The van der Waals surface area contributed by atoms with Crippen LogP contribution in [0.5, 0.6) is 5.75 Å². The fraction of sp³-hybridized carbons (Fsp3) is 0.222. The zero-order chi connectivity index (χ0) is 23.4. The van der Waals surface area contributed by atoms with Crippen molar-refractivity contribution in [2.24, 2.45) is 0 Å². The zero-order valence-corrected chi connectivity index (χ0v) is 18.7. The first-order valence-corrected chi connectivity index (χ1v) is 11.0. The summed E-state index contributed by atoms with van der Waals surface area (Å²) in [6, 6.07) is 17.6. The Morgan fingerprint density at radius 2 is 1.82 bits per heavy atom. The molecule has 33 heavy (non-hydrogen) atoms. The molecule has 1 amide bonds. The lowest BCUT2D eigenvalue weighted by Crippen LogP contribution is -2.29. The minimum Gasteiger partial charge on any atom is -0.507 e. The molecule has 6 heteroatoms. The van der Waals surface area contributed by atoms with Crippen LogP contribution in [0.25, 0.3) is 5.76 Å². The molecule has 0 radical (unpaired) electrons. The highest BCUT2D eigenvalue weighted by atomic mass is 16.5. The van der Waals surface area contributed by atoms with Gasteiger partial charge in [-0.15, -0.1) is 0 Å². The van der Waals surface area contributed by atoms with Gasteiger partial charge < -0.3 is 14.7 Å². The van der Waals surface area contributed by atoms with Crippen LogP contribution >= 0.6 is 0 Å². The molecule has 1 atom stereocenters. The summed E-state index contributed by atoms with van der Waals surface area (Å²) in [6.45, 7) is 4.61. The maximum Gasteiger partial charge on any atom is 0.295 e. The molecular weight excluding hydrogens is 416 g/mol. The Morgan fingerprint density at radius 3 is 2.48 bits per heavy atom. The first kappa shape index (κ1) is 22.3. The summed E-state index contributed by atoms with van der Waals surface area (Å²) >= 11 is 0. The van der Waals surface area contributed by atoms with Crippen LogP contribution < -0.4 is 4.74 Å². The number of rotatable bonds is 7. The number of carbonyl (C=O) groups excluding carboxylic acids is 2. The summed E-state index contributed by atoms with van der Waals surface area (Å²) in [6.07, 6.45) is 4.20. The van der Waals surface area contributed by atoms with Crippen LogP contribution in [-0.2, 0) is 22.6 Å².